The molecule has 16 heavy (non-hydrogen) atoms. The van der Waals surface area contributed by atoms with Crippen LogP contribution in [0.2, 0.25) is 0 Å². The number of anilines is 1. The zero-order valence-electron chi connectivity index (χ0n) is 9.51. The molecule has 0 aliphatic rings. The molecule has 0 aliphatic carbocycles. The van der Waals surface area contributed by atoms with Crippen molar-refractivity contribution in [2.24, 2.45) is 0 Å². The third kappa shape index (κ3) is 2.18. The van der Waals surface area contributed by atoms with E-state index in [1.165, 1.54) is 0 Å². The topological polar surface area (TPSA) is 55.6 Å². The first kappa shape index (κ1) is 10.6. The van der Waals surface area contributed by atoms with E-state index in [2.05, 4.69) is 27.2 Å². The second-order valence-corrected chi connectivity index (χ2v) is 3.60. The van der Waals surface area contributed by atoms with E-state index in [9.17, 15) is 0 Å². The maximum atomic E-state index is 4.45. The Bertz CT molecular complexity index is 449. The number of imidazole rings is 1. The van der Waals surface area contributed by atoms with Crippen LogP contribution in [0.15, 0.2) is 24.9 Å². The highest BCUT2D eigenvalue weighted by atomic mass is 15.2. The van der Waals surface area contributed by atoms with Crippen LogP contribution in [0.25, 0.3) is 5.82 Å². The zero-order valence-corrected chi connectivity index (χ0v) is 9.51. The number of nitrogens with zero attached hydrogens (tertiary/aromatic N) is 4. The quantitative estimate of drug-likeness (QED) is 0.848. The normalized spacial score (nSPS) is 10.4. The fraction of sp³-hybridized carbons (Fsp3) is 0.364. The summed E-state index contributed by atoms with van der Waals surface area (Å²) in [5.74, 6) is 1.53. The number of hydrogen-bond acceptors (Lipinski definition) is 4. The molecule has 0 bridgehead atoms. The van der Waals surface area contributed by atoms with Crippen molar-refractivity contribution >= 4 is 5.95 Å². The summed E-state index contributed by atoms with van der Waals surface area (Å²) in [4.78, 5) is 12.7. The van der Waals surface area contributed by atoms with Gasteiger partial charge in [-0.25, -0.2) is 9.97 Å². The lowest BCUT2D eigenvalue weighted by Crippen LogP contribution is -2.07. The summed E-state index contributed by atoms with van der Waals surface area (Å²) in [6.45, 7) is 4.98. The van der Waals surface area contributed by atoms with Crippen molar-refractivity contribution < 1.29 is 0 Å². The van der Waals surface area contributed by atoms with Gasteiger partial charge in [0, 0.05) is 30.7 Å². The highest BCUT2D eigenvalue weighted by molar-refractivity contribution is 5.37. The third-order valence-corrected chi connectivity index (χ3v) is 2.23. The van der Waals surface area contributed by atoms with Gasteiger partial charge in [0.15, 0.2) is 0 Å². The summed E-state index contributed by atoms with van der Waals surface area (Å²) in [6.07, 6.45) is 8.22. The van der Waals surface area contributed by atoms with Gasteiger partial charge >= 0.3 is 0 Å². The van der Waals surface area contributed by atoms with Crippen molar-refractivity contribution in [2.75, 3.05) is 11.9 Å². The van der Waals surface area contributed by atoms with Gasteiger partial charge < -0.3 is 5.32 Å². The van der Waals surface area contributed by atoms with Gasteiger partial charge in [0.25, 0.3) is 0 Å². The van der Waals surface area contributed by atoms with Gasteiger partial charge in [-0.15, -0.1) is 0 Å². The number of hydrogen-bond donors (Lipinski definition) is 1. The maximum absolute atomic E-state index is 4.45. The Morgan fingerprint density at radius 2 is 2.31 bits per heavy atom. The van der Waals surface area contributed by atoms with Crippen LogP contribution in [0.4, 0.5) is 5.95 Å². The Morgan fingerprint density at radius 1 is 1.44 bits per heavy atom. The number of nitrogens with one attached hydrogen (secondary N) is 1. The number of rotatable bonds is 4. The van der Waals surface area contributed by atoms with Gasteiger partial charge in [-0.05, 0) is 13.3 Å². The lowest BCUT2D eigenvalue weighted by atomic mass is 10.3. The molecule has 0 spiro atoms. The van der Waals surface area contributed by atoms with E-state index in [-0.39, 0.29) is 0 Å². The average molecular weight is 217 g/mol. The van der Waals surface area contributed by atoms with Crippen LogP contribution in [0.3, 0.4) is 0 Å². The largest absolute Gasteiger partial charge is 0.354 e. The molecule has 0 unspecified atom stereocenters. The molecule has 0 aromatic carbocycles. The zero-order chi connectivity index (χ0) is 11.4. The Kier molecular flexibility index (Phi) is 3.14. The molecule has 5 nitrogen and oxygen atoms in total. The van der Waals surface area contributed by atoms with Crippen molar-refractivity contribution in [3.63, 3.8) is 0 Å². The van der Waals surface area contributed by atoms with Crippen LogP contribution in [0.1, 0.15) is 18.9 Å². The highest BCUT2D eigenvalue weighted by Crippen LogP contribution is 2.11. The lowest BCUT2D eigenvalue weighted by molar-refractivity contribution is 0.917. The number of aryl methyl sites for hydroxylation is 1. The molecular weight excluding hydrogens is 202 g/mol. The van der Waals surface area contributed by atoms with E-state index in [0.717, 1.165) is 24.3 Å². The van der Waals surface area contributed by atoms with Crippen LogP contribution in [-0.2, 0) is 0 Å². The van der Waals surface area contributed by atoms with Crippen LogP contribution in [0, 0.1) is 6.92 Å². The predicted molar refractivity (Wildman–Crippen MR) is 62.7 cm³/mol. The highest BCUT2D eigenvalue weighted by Gasteiger charge is 2.04. The first-order valence-corrected chi connectivity index (χ1v) is 5.37. The SMILES string of the molecule is CCCNc1ncc(C)c(-n2ccnc2)n1. The Hall–Kier alpha value is -1.91. The molecule has 0 fully saturated rings. The van der Waals surface area contributed by atoms with E-state index in [4.69, 9.17) is 0 Å². The summed E-state index contributed by atoms with van der Waals surface area (Å²) >= 11 is 0. The molecular formula is C11H15N5. The van der Waals surface area contributed by atoms with Crippen LogP contribution < -0.4 is 5.32 Å². The van der Waals surface area contributed by atoms with Crippen LogP contribution in [0.5, 0.6) is 0 Å². The predicted octanol–water partition coefficient (Wildman–Crippen LogP) is 1.79. The van der Waals surface area contributed by atoms with Gasteiger partial charge in [0.1, 0.15) is 12.1 Å². The molecule has 84 valence electrons. The van der Waals surface area contributed by atoms with Crippen LogP contribution >= 0.6 is 0 Å². The van der Waals surface area contributed by atoms with Crippen molar-refractivity contribution in [2.45, 2.75) is 20.3 Å². The minimum atomic E-state index is 0.663. The van der Waals surface area contributed by atoms with E-state index >= 15 is 0 Å². The summed E-state index contributed by atoms with van der Waals surface area (Å²) in [6, 6.07) is 0. The van der Waals surface area contributed by atoms with Crippen molar-refractivity contribution in [3.8, 4) is 5.82 Å². The van der Waals surface area contributed by atoms with Gasteiger partial charge in [0.05, 0.1) is 0 Å². The van der Waals surface area contributed by atoms with Crippen molar-refractivity contribution in [3.05, 3.63) is 30.5 Å². The summed E-state index contributed by atoms with van der Waals surface area (Å²) < 4.78 is 1.88. The van der Waals surface area contributed by atoms with E-state index < -0.39 is 0 Å². The molecule has 0 radical (unpaired) electrons. The van der Waals surface area contributed by atoms with E-state index in [0.29, 0.717) is 5.95 Å². The third-order valence-electron chi connectivity index (χ3n) is 2.23. The minimum absolute atomic E-state index is 0.663. The molecule has 1 N–H and O–H groups in total. The smallest absolute Gasteiger partial charge is 0.224 e. The molecule has 0 saturated heterocycles. The number of aromatic nitrogens is 4. The molecule has 0 saturated carbocycles. The van der Waals surface area contributed by atoms with Gasteiger partial charge in [-0.3, -0.25) is 4.57 Å². The van der Waals surface area contributed by atoms with Gasteiger partial charge in [-0.1, -0.05) is 6.92 Å². The van der Waals surface area contributed by atoms with E-state index in [1.807, 2.05) is 23.9 Å². The molecule has 0 amide bonds. The minimum Gasteiger partial charge on any atom is -0.354 e. The average Bonchev–Trinajstić information content (AvgIpc) is 2.81. The Morgan fingerprint density at radius 3 is 3.00 bits per heavy atom. The van der Waals surface area contributed by atoms with Crippen molar-refractivity contribution in [1.82, 2.24) is 19.5 Å². The molecule has 0 aliphatic heterocycles. The Labute approximate surface area is 94.6 Å². The summed E-state index contributed by atoms with van der Waals surface area (Å²) in [7, 11) is 0. The van der Waals surface area contributed by atoms with Gasteiger partial charge in [-0.2, -0.15) is 4.98 Å². The lowest BCUT2D eigenvalue weighted by Gasteiger charge is -2.08. The monoisotopic (exact) mass is 217 g/mol. The molecule has 2 rings (SSSR count). The second-order valence-electron chi connectivity index (χ2n) is 3.60. The van der Waals surface area contributed by atoms with E-state index in [1.54, 1.807) is 12.5 Å². The maximum Gasteiger partial charge on any atom is 0.224 e. The fourth-order valence-corrected chi connectivity index (χ4v) is 1.40. The fourth-order valence-electron chi connectivity index (χ4n) is 1.40. The first-order chi connectivity index (χ1) is 7.81. The van der Waals surface area contributed by atoms with Crippen molar-refractivity contribution in [1.29, 1.82) is 0 Å². The Balaban J connectivity index is 2.30. The van der Waals surface area contributed by atoms with Gasteiger partial charge in [0.2, 0.25) is 5.95 Å². The standard InChI is InChI=1S/C11H15N5/c1-3-4-13-11-14-7-9(2)10(15-11)16-6-5-12-8-16/h5-8H,3-4H2,1-2H3,(H,13,14,15). The summed E-state index contributed by atoms with van der Waals surface area (Å²) in [5.41, 5.74) is 1.03. The molecule has 2 aromatic heterocycles. The molecule has 5 heteroatoms. The molecule has 2 heterocycles. The molecule has 2 aromatic rings. The summed E-state index contributed by atoms with van der Waals surface area (Å²) in [5, 5.41) is 3.17. The molecule has 0 atom stereocenters. The second kappa shape index (κ2) is 4.74. The van der Waals surface area contributed by atoms with Crippen LogP contribution in [-0.4, -0.2) is 26.1 Å². The first-order valence-electron chi connectivity index (χ1n) is 5.37.